The van der Waals surface area contributed by atoms with Gasteiger partial charge in [-0.15, -0.1) is 0 Å². The van der Waals surface area contributed by atoms with Crippen LogP contribution in [0, 0.1) is 0 Å². The van der Waals surface area contributed by atoms with Crippen molar-refractivity contribution in [3.8, 4) is 22.3 Å². The molecule has 1 N–H and O–H groups in total. The molecule has 0 aromatic heterocycles. The van der Waals surface area contributed by atoms with Crippen molar-refractivity contribution in [2.24, 2.45) is 0 Å². The quantitative estimate of drug-likeness (QED) is 0.361. The van der Waals surface area contributed by atoms with Crippen LogP contribution in [0.1, 0.15) is 46.8 Å². The number of hydrogen-bond acceptors (Lipinski definition) is 1. The van der Waals surface area contributed by atoms with E-state index in [2.05, 4.69) is 38.1 Å². The summed E-state index contributed by atoms with van der Waals surface area (Å²) < 4.78 is 0. The van der Waals surface area contributed by atoms with E-state index in [1.807, 2.05) is 72.8 Å². The Morgan fingerprint density at radius 3 is 1.71 bits per heavy atom. The molecule has 0 heterocycles. The third-order valence-corrected chi connectivity index (χ3v) is 5.62. The van der Waals surface area contributed by atoms with Crippen LogP contribution in [0.2, 0.25) is 0 Å². The van der Waals surface area contributed by atoms with E-state index in [-0.39, 0.29) is 5.92 Å². The maximum atomic E-state index is 12.4. The van der Waals surface area contributed by atoms with Gasteiger partial charge in [-0.25, -0.2) is 4.79 Å². The van der Waals surface area contributed by atoms with Gasteiger partial charge in [0.1, 0.15) is 0 Å². The fraction of sp³-hybridized carbons (Fsp3) is 0.138. The smallest absolute Gasteiger partial charge is 0.336 e. The molecule has 0 saturated heterocycles. The van der Waals surface area contributed by atoms with Crippen molar-refractivity contribution in [3.63, 3.8) is 0 Å². The van der Waals surface area contributed by atoms with Gasteiger partial charge in [0.15, 0.2) is 0 Å². The van der Waals surface area contributed by atoms with Crippen LogP contribution in [0.25, 0.3) is 22.3 Å². The third-order valence-electron chi connectivity index (χ3n) is 5.62. The molecular weight excluding hydrogens is 380 g/mol. The Kier molecular flexibility index (Phi) is 5.99. The van der Waals surface area contributed by atoms with E-state index in [1.165, 1.54) is 0 Å². The SMILES string of the molecule is CC(C)c1c(-c2ccccc2)c(Cc2ccccc2)cc(C(=O)O)c1-c1ccccc1. The van der Waals surface area contributed by atoms with Crippen LogP contribution in [-0.2, 0) is 6.42 Å². The molecule has 0 radical (unpaired) electrons. The van der Waals surface area contributed by atoms with Gasteiger partial charge < -0.3 is 5.11 Å². The van der Waals surface area contributed by atoms with Crippen LogP contribution in [0.15, 0.2) is 97.1 Å². The average Bonchev–Trinajstić information content (AvgIpc) is 2.80. The molecule has 0 amide bonds. The van der Waals surface area contributed by atoms with Crippen LogP contribution in [0.3, 0.4) is 0 Å². The fourth-order valence-electron chi connectivity index (χ4n) is 4.32. The van der Waals surface area contributed by atoms with Crippen molar-refractivity contribution >= 4 is 5.97 Å². The number of carboxylic acids is 1. The highest BCUT2D eigenvalue weighted by atomic mass is 16.4. The summed E-state index contributed by atoms with van der Waals surface area (Å²) in [7, 11) is 0. The largest absolute Gasteiger partial charge is 0.478 e. The summed E-state index contributed by atoms with van der Waals surface area (Å²) in [5.41, 5.74) is 7.67. The topological polar surface area (TPSA) is 37.3 Å². The van der Waals surface area contributed by atoms with Crippen LogP contribution in [0.5, 0.6) is 0 Å². The molecule has 0 aliphatic rings. The van der Waals surface area contributed by atoms with Crippen LogP contribution < -0.4 is 0 Å². The highest BCUT2D eigenvalue weighted by Gasteiger charge is 2.25. The second kappa shape index (κ2) is 9.01. The molecule has 2 nitrogen and oxygen atoms in total. The van der Waals surface area contributed by atoms with Crippen LogP contribution in [-0.4, -0.2) is 11.1 Å². The molecule has 0 saturated carbocycles. The third kappa shape index (κ3) is 4.29. The second-order valence-electron chi connectivity index (χ2n) is 8.10. The number of carboxylic acid groups (broad SMARTS) is 1. The summed E-state index contributed by atoms with van der Waals surface area (Å²) in [6.45, 7) is 4.29. The van der Waals surface area contributed by atoms with E-state index in [4.69, 9.17) is 0 Å². The lowest BCUT2D eigenvalue weighted by Crippen LogP contribution is -2.09. The predicted molar refractivity (Wildman–Crippen MR) is 128 cm³/mol. The van der Waals surface area contributed by atoms with Gasteiger partial charge in [0.05, 0.1) is 5.56 Å². The van der Waals surface area contributed by atoms with E-state index in [1.54, 1.807) is 0 Å². The lowest BCUT2D eigenvalue weighted by atomic mass is 9.79. The molecule has 0 unspecified atom stereocenters. The molecule has 0 aliphatic carbocycles. The summed E-state index contributed by atoms with van der Waals surface area (Å²) in [6.07, 6.45) is 0.681. The Balaban J connectivity index is 2.09. The molecule has 154 valence electrons. The van der Waals surface area contributed by atoms with E-state index in [0.29, 0.717) is 12.0 Å². The van der Waals surface area contributed by atoms with E-state index in [0.717, 1.165) is 38.9 Å². The van der Waals surface area contributed by atoms with Gasteiger partial charge in [0, 0.05) is 5.56 Å². The minimum absolute atomic E-state index is 0.152. The number of carbonyl (C=O) groups is 1. The van der Waals surface area contributed by atoms with Gasteiger partial charge in [-0.05, 0) is 51.8 Å². The molecule has 0 aliphatic heterocycles. The Labute approximate surface area is 183 Å². The van der Waals surface area contributed by atoms with E-state index < -0.39 is 5.97 Å². The Morgan fingerprint density at radius 2 is 1.23 bits per heavy atom. The van der Waals surface area contributed by atoms with Crippen molar-refractivity contribution in [2.75, 3.05) is 0 Å². The molecule has 31 heavy (non-hydrogen) atoms. The van der Waals surface area contributed by atoms with Gasteiger partial charge in [-0.3, -0.25) is 0 Å². The molecule has 4 aromatic rings. The monoisotopic (exact) mass is 406 g/mol. The molecule has 0 bridgehead atoms. The normalized spacial score (nSPS) is 10.9. The predicted octanol–water partition coefficient (Wildman–Crippen LogP) is 7.43. The number of benzene rings is 4. The summed E-state index contributed by atoms with van der Waals surface area (Å²) in [5, 5.41) is 10.2. The molecule has 0 fully saturated rings. The van der Waals surface area contributed by atoms with Gasteiger partial charge in [0.25, 0.3) is 0 Å². The fourth-order valence-corrected chi connectivity index (χ4v) is 4.32. The van der Waals surface area contributed by atoms with Crippen LogP contribution in [0.4, 0.5) is 0 Å². The Hall–Kier alpha value is -3.65. The molecule has 0 atom stereocenters. The van der Waals surface area contributed by atoms with Gasteiger partial charge >= 0.3 is 5.97 Å². The second-order valence-corrected chi connectivity index (χ2v) is 8.10. The van der Waals surface area contributed by atoms with Crippen molar-refractivity contribution in [1.82, 2.24) is 0 Å². The standard InChI is InChI=1S/C29H26O2/c1-20(2)26-27(22-14-8-4-9-15-22)24(18-21-12-6-3-7-13-21)19-25(29(30)31)28(26)23-16-10-5-11-17-23/h3-17,19-20H,18H2,1-2H3,(H,30,31). The van der Waals surface area contributed by atoms with Gasteiger partial charge in [-0.2, -0.15) is 0 Å². The number of rotatable bonds is 6. The van der Waals surface area contributed by atoms with Gasteiger partial charge in [0.2, 0.25) is 0 Å². The molecule has 0 spiro atoms. The molecule has 2 heteroatoms. The molecular formula is C29H26O2. The lowest BCUT2D eigenvalue weighted by Gasteiger charge is -2.24. The van der Waals surface area contributed by atoms with E-state index in [9.17, 15) is 9.90 Å². The van der Waals surface area contributed by atoms with Gasteiger partial charge in [-0.1, -0.05) is 105 Å². The van der Waals surface area contributed by atoms with Crippen molar-refractivity contribution in [3.05, 3.63) is 119 Å². The molecule has 4 aromatic carbocycles. The summed E-state index contributed by atoms with van der Waals surface area (Å²) in [4.78, 5) is 12.4. The summed E-state index contributed by atoms with van der Waals surface area (Å²) >= 11 is 0. The lowest BCUT2D eigenvalue weighted by molar-refractivity contribution is 0.0697. The highest BCUT2D eigenvalue weighted by molar-refractivity contribution is 6.00. The van der Waals surface area contributed by atoms with Crippen molar-refractivity contribution < 1.29 is 9.90 Å². The number of aromatic carboxylic acids is 1. The zero-order valence-corrected chi connectivity index (χ0v) is 17.9. The molecule has 4 rings (SSSR count). The summed E-state index contributed by atoms with van der Waals surface area (Å²) in [6, 6.07) is 32.3. The minimum Gasteiger partial charge on any atom is -0.478 e. The number of hydrogen-bond donors (Lipinski definition) is 1. The summed E-state index contributed by atoms with van der Waals surface area (Å²) in [5.74, 6) is -0.742. The first-order valence-corrected chi connectivity index (χ1v) is 10.6. The Bertz CT molecular complexity index is 1180. The first-order valence-electron chi connectivity index (χ1n) is 10.6. The van der Waals surface area contributed by atoms with Crippen LogP contribution >= 0.6 is 0 Å². The Morgan fingerprint density at radius 1 is 0.742 bits per heavy atom. The van der Waals surface area contributed by atoms with E-state index >= 15 is 0 Å². The van der Waals surface area contributed by atoms with Crippen molar-refractivity contribution in [2.45, 2.75) is 26.2 Å². The average molecular weight is 407 g/mol. The first kappa shape index (κ1) is 20.6. The zero-order valence-electron chi connectivity index (χ0n) is 17.9. The highest BCUT2D eigenvalue weighted by Crippen LogP contribution is 2.42. The first-order chi connectivity index (χ1) is 15.1. The maximum Gasteiger partial charge on any atom is 0.336 e. The zero-order chi connectivity index (χ0) is 21.8. The van der Waals surface area contributed by atoms with Crippen molar-refractivity contribution in [1.29, 1.82) is 0 Å². The minimum atomic E-state index is -0.894. The maximum absolute atomic E-state index is 12.4.